The third-order valence-corrected chi connectivity index (χ3v) is 2.84. The Hall–Kier alpha value is -2.15. The van der Waals surface area contributed by atoms with Gasteiger partial charge in [0.05, 0.1) is 4.92 Å². The molecule has 0 saturated carbocycles. The third kappa shape index (κ3) is 2.75. The molecule has 1 aromatic rings. The van der Waals surface area contributed by atoms with Crippen LogP contribution < -0.4 is 11.1 Å². The quantitative estimate of drug-likeness (QED) is 0.607. The second-order valence-electron chi connectivity index (χ2n) is 4.23. The van der Waals surface area contributed by atoms with Crippen LogP contribution in [0.15, 0.2) is 24.3 Å². The molecule has 2 amide bonds. The smallest absolute Gasteiger partial charge is 0.321 e. The number of urea groups is 1. The first-order chi connectivity index (χ1) is 8.56. The van der Waals surface area contributed by atoms with Crippen LogP contribution in [-0.4, -0.2) is 35.0 Å². The minimum Gasteiger partial charge on any atom is -0.326 e. The summed E-state index contributed by atoms with van der Waals surface area (Å²) in [5.74, 6) is 0. The standard InChI is InChI=1S/C11H14N4O3/c12-8-5-6-14(7-8)11(16)13-9-1-3-10(4-2-9)15(17)18/h1-4,8H,5-7,12H2,(H,13,16)/t8-/m0/s1. The van der Waals surface area contributed by atoms with Crippen LogP contribution in [0.25, 0.3) is 0 Å². The summed E-state index contributed by atoms with van der Waals surface area (Å²) in [6, 6.07) is 5.53. The summed E-state index contributed by atoms with van der Waals surface area (Å²) in [7, 11) is 0. The molecule has 1 aliphatic rings. The van der Waals surface area contributed by atoms with E-state index in [2.05, 4.69) is 5.32 Å². The first-order valence-electron chi connectivity index (χ1n) is 5.62. The van der Waals surface area contributed by atoms with Gasteiger partial charge in [-0.1, -0.05) is 0 Å². The number of hydrogen-bond acceptors (Lipinski definition) is 4. The van der Waals surface area contributed by atoms with Crippen molar-refractivity contribution >= 4 is 17.4 Å². The second kappa shape index (κ2) is 5.01. The van der Waals surface area contributed by atoms with Crippen molar-refractivity contribution in [1.82, 2.24) is 4.90 Å². The van der Waals surface area contributed by atoms with Crippen LogP contribution in [0.2, 0.25) is 0 Å². The van der Waals surface area contributed by atoms with Gasteiger partial charge in [-0.05, 0) is 18.6 Å². The number of hydrogen-bond donors (Lipinski definition) is 2. The molecule has 1 heterocycles. The zero-order chi connectivity index (χ0) is 13.1. The van der Waals surface area contributed by atoms with Gasteiger partial charge in [0, 0.05) is 37.0 Å². The Morgan fingerprint density at radius 3 is 2.61 bits per heavy atom. The van der Waals surface area contributed by atoms with Crippen molar-refractivity contribution in [3.8, 4) is 0 Å². The van der Waals surface area contributed by atoms with Crippen LogP contribution in [0.1, 0.15) is 6.42 Å². The number of nitro benzene ring substituents is 1. The zero-order valence-electron chi connectivity index (χ0n) is 9.70. The van der Waals surface area contributed by atoms with Gasteiger partial charge in [-0.15, -0.1) is 0 Å². The highest BCUT2D eigenvalue weighted by Gasteiger charge is 2.23. The van der Waals surface area contributed by atoms with Gasteiger partial charge in [-0.3, -0.25) is 10.1 Å². The Kier molecular flexibility index (Phi) is 3.42. The minimum atomic E-state index is -0.481. The highest BCUT2D eigenvalue weighted by molar-refractivity contribution is 5.89. The summed E-state index contributed by atoms with van der Waals surface area (Å²) in [6.07, 6.45) is 0.799. The number of nitrogens with zero attached hydrogens (tertiary/aromatic N) is 2. The van der Waals surface area contributed by atoms with Crippen LogP contribution in [0, 0.1) is 10.1 Å². The number of carbonyl (C=O) groups excluding carboxylic acids is 1. The van der Waals surface area contributed by atoms with Gasteiger partial charge in [-0.25, -0.2) is 4.79 Å². The molecule has 3 N–H and O–H groups in total. The Morgan fingerprint density at radius 2 is 2.11 bits per heavy atom. The maximum atomic E-state index is 11.8. The maximum absolute atomic E-state index is 11.8. The maximum Gasteiger partial charge on any atom is 0.321 e. The number of non-ortho nitro benzene ring substituents is 1. The molecule has 18 heavy (non-hydrogen) atoms. The molecule has 0 aromatic heterocycles. The summed E-state index contributed by atoms with van der Waals surface area (Å²) in [4.78, 5) is 23.4. The monoisotopic (exact) mass is 250 g/mol. The largest absolute Gasteiger partial charge is 0.326 e. The fourth-order valence-corrected chi connectivity index (χ4v) is 1.84. The van der Waals surface area contributed by atoms with Gasteiger partial charge >= 0.3 is 6.03 Å². The molecule has 0 bridgehead atoms. The fraction of sp³-hybridized carbons (Fsp3) is 0.364. The van der Waals surface area contributed by atoms with Crippen LogP contribution in [0.5, 0.6) is 0 Å². The van der Waals surface area contributed by atoms with E-state index in [1.165, 1.54) is 24.3 Å². The van der Waals surface area contributed by atoms with Crippen molar-refractivity contribution in [2.24, 2.45) is 5.73 Å². The van der Waals surface area contributed by atoms with E-state index in [9.17, 15) is 14.9 Å². The molecule has 2 rings (SSSR count). The number of likely N-dealkylation sites (tertiary alicyclic amines) is 1. The number of nitrogens with one attached hydrogen (secondary N) is 1. The topological polar surface area (TPSA) is 102 Å². The lowest BCUT2D eigenvalue weighted by Gasteiger charge is -2.16. The predicted molar refractivity (Wildman–Crippen MR) is 66.3 cm³/mol. The molecule has 1 aromatic carbocycles. The van der Waals surface area contributed by atoms with Crippen LogP contribution in [-0.2, 0) is 0 Å². The third-order valence-electron chi connectivity index (χ3n) is 2.84. The van der Waals surface area contributed by atoms with Gasteiger partial charge in [0.1, 0.15) is 0 Å². The Balaban J connectivity index is 1.97. The Bertz CT molecular complexity index is 460. The summed E-state index contributed by atoms with van der Waals surface area (Å²) < 4.78 is 0. The highest BCUT2D eigenvalue weighted by atomic mass is 16.6. The molecule has 0 radical (unpaired) electrons. The first kappa shape index (κ1) is 12.3. The van der Waals surface area contributed by atoms with Gasteiger partial charge < -0.3 is 16.0 Å². The molecule has 1 fully saturated rings. The molecule has 0 unspecified atom stereocenters. The lowest BCUT2D eigenvalue weighted by atomic mass is 10.3. The fourth-order valence-electron chi connectivity index (χ4n) is 1.84. The lowest BCUT2D eigenvalue weighted by molar-refractivity contribution is -0.384. The number of rotatable bonds is 2. The molecule has 1 aliphatic heterocycles. The molecule has 7 nitrogen and oxygen atoms in total. The number of carbonyl (C=O) groups is 1. The van der Waals surface area contributed by atoms with E-state index >= 15 is 0 Å². The van der Waals surface area contributed by atoms with Crippen molar-refractivity contribution in [3.05, 3.63) is 34.4 Å². The SMILES string of the molecule is N[C@H]1CCN(C(=O)Nc2ccc([N+](=O)[O-])cc2)C1. The molecule has 7 heteroatoms. The van der Waals surface area contributed by atoms with Crippen molar-refractivity contribution in [2.45, 2.75) is 12.5 Å². The van der Waals surface area contributed by atoms with E-state index in [-0.39, 0.29) is 17.8 Å². The molecule has 0 aliphatic carbocycles. The van der Waals surface area contributed by atoms with Gasteiger partial charge in [0.15, 0.2) is 0 Å². The van der Waals surface area contributed by atoms with Crippen molar-refractivity contribution < 1.29 is 9.72 Å². The Morgan fingerprint density at radius 1 is 1.44 bits per heavy atom. The molecule has 96 valence electrons. The molecule has 0 spiro atoms. The van der Waals surface area contributed by atoms with E-state index in [0.717, 1.165) is 6.42 Å². The molecular formula is C11H14N4O3. The minimum absolute atomic E-state index is 0.00352. The van der Waals surface area contributed by atoms with E-state index < -0.39 is 4.92 Å². The van der Waals surface area contributed by atoms with Crippen LogP contribution >= 0.6 is 0 Å². The number of amides is 2. The predicted octanol–water partition coefficient (Wildman–Crippen LogP) is 1.16. The number of benzene rings is 1. The molecule has 1 atom stereocenters. The average Bonchev–Trinajstić information content (AvgIpc) is 2.76. The van der Waals surface area contributed by atoms with Gasteiger partial charge in [0.25, 0.3) is 5.69 Å². The van der Waals surface area contributed by atoms with E-state index in [0.29, 0.717) is 18.8 Å². The summed E-state index contributed by atoms with van der Waals surface area (Å²) in [5, 5.41) is 13.2. The average molecular weight is 250 g/mol. The van der Waals surface area contributed by atoms with Crippen molar-refractivity contribution in [2.75, 3.05) is 18.4 Å². The number of anilines is 1. The van der Waals surface area contributed by atoms with Crippen LogP contribution in [0.3, 0.4) is 0 Å². The van der Waals surface area contributed by atoms with Gasteiger partial charge in [0.2, 0.25) is 0 Å². The second-order valence-corrected chi connectivity index (χ2v) is 4.23. The molecular weight excluding hydrogens is 236 g/mol. The van der Waals surface area contributed by atoms with Gasteiger partial charge in [-0.2, -0.15) is 0 Å². The summed E-state index contributed by atoms with van der Waals surface area (Å²) in [6.45, 7) is 1.18. The van der Waals surface area contributed by atoms with Crippen molar-refractivity contribution in [3.63, 3.8) is 0 Å². The van der Waals surface area contributed by atoms with E-state index in [1.54, 1.807) is 4.90 Å². The normalized spacial score (nSPS) is 18.7. The number of nitro groups is 1. The molecule has 1 saturated heterocycles. The first-order valence-corrected chi connectivity index (χ1v) is 5.62. The highest BCUT2D eigenvalue weighted by Crippen LogP contribution is 2.16. The Labute approximate surface area is 104 Å². The van der Waals surface area contributed by atoms with E-state index in [4.69, 9.17) is 5.73 Å². The van der Waals surface area contributed by atoms with E-state index in [1.807, 2.05) is 0 Å². The van der Waals surface area contributed by atoms with Crippen LogP contribution in [0.4, 0.5) is 16.2 Å². The zero-order valence-corrected chi connectivity index (χ0v) is 9.70. The summed E-state index contributed by atoms with van der Waals surface area (Å²) in [5.41, 5.74) is 6.24. The lowest BCUT2D eigenvalue weighted by Crippen LogP contribution is -2.35. The summed E-state index contributed by atoms with van der Waals surface area (Å²) >= 11 is 0. The van der Waals surface area contributed by atoms with Crippen molar-refractivity contribution in [1.29, 1.82) is 0 Å². The number of nitrogens with two attached hydrogens (primary N) is 1.